The number of quaternary nitrogens is 1. The van der Waals surface area contributed by atoms with Crippen molar-refractivity contribution in [2.75, 3.05) is 47.1 Å². The zero-order valence-corrected chi connectivity index (χ0v) is 21.5. The number of likely N-dealkylation sites (N-methyl/N-ethyl adjacent to an activating group) is 1. The van der Waals surface area contributed by atoms with Crippen LogP contribution in [0.1, 0.15) is 72.3 Å². The largest absolute Gasteiger partial charge is 1.00 e. The van der Waals surface area contributed by atoms with Gasteiger partial charge in [0, 0.05) is 25.0 Å². The van der Waals surface area contributed by atoms with Crippen molar-refractivity contribution in [1.82, 2.24) is 0 Å². The van der Waals surface area contributed by atoms with Crippen molar-refractivity contribution in [3.8, 4) is 0 Å². The van der Waals surface area contributed by atoms with E-state index in [4.69, 9.17) is 9.47 Å². The van der Waals surface area contributed by atoms with Crippen LogP contribution in [0.25, 0.3) is 0 Å². The van der Waals surface area contributed by atoms with E-state index in [0.29, 0.717) is 25.0 Å². The van der Waals surface area contributed by atoms with Gasteiger partial charge in [0.15, 0.2) is 0 Å². The van der Waals surface area contributed by atoms with Crippen LogP contribution in [0.5, 0.6) is 0 Å². The second-order valence-electron chi connectivity index (χ2n) is 9.93. The molecule has 0 aliphatic carbocycles. The number of hydrogen-bond acceptors (Lipinski definition) is 2. The van der Waals surface area contributed by atoms with Crippen molar-refractivity contribution in [1.29, 1.82) is 0 Å². The lowest BCUT2D eigenvalue weighted by Crippen LogP contribution is -3.00. The topological polar surface area (TPSA) is 18.5 Å². The fourth-order valence-corrected chi connectivity index (χ4v) is 4.54. The van der Waals surface area contributed by atoms with Gasteiger partial charge in [-0.3, -0.25) is 0 Å². The third-order valence-corrected chi connectivity index (χ3v) is 6.02. The molecule has 1 aromatic rings. The molecule has 0 bridgehead atoms. The van der Waals surface area contributed by atoms with Crippen LogP contribution in [0.4, 0.5) is 0 Å². The molecule has 1 aromatic carbocycles. The van der Waals surface area contributed by atoms with Crippen LogP contribution in [-0.2, 0) is 15.0 Å². The normalized spacial score (nSPS) is 12.4. The molecule has 176 valence electrons. The molecule has 0 N–H and O–H groups in total. The van der Waals surface area contributed by atoms with E-state index >= 15 is 0 Å². The minimum absolute atomic E-state index is 0. The highest BCUT2D eigenvalue weighted by molar-refractivity contribution is 5.23. The number of halogens is 1. The molecular weight excluding hydrogens is 394 g/mol. The van der Waals surface area contributed by atoms with Gasteiger partial charge in [0.1, 0.15) is 12.1 Å². The van der Waals surface area contributed by atoms with Gasteiger partial charge in [0.25, 0.3) is 0 Å². The second kappa shape index (κ2) is 15.2. The van der Waals surface area contributed by atoms with Gasteiger partial charge in [-0.05, 0) is 18.3 Å². The maximum atomic E-state index is 5.98. The van der Waals surface area contributed by atoms with E-state index in [1.165, 1.54) is 31.2 Å². The first-order valence-corrected chi connectivity index (χ1v) is 11.8. The quantitative estimate of drug-likeness (QED) is 0.289. The molecule has 0 aliphatic rings. The van der Waals surface area contributed by atoms with E-state index in [2.05, 4.69) is 79.0 Å². The predicted octanol–water partition coefficient (Wildman–Crippen LogP) is 3.28. The van der Waals surface area contributed by atoms with E-state index < -0.39 is 0 Å². The minimum atomic E-state index is 0. The number of benzene rings is 1. The Bertz CT molecular complexity index is 521. The third kappa shape index (κ3) is 9.68. The summed E-state index contributed by atoms with van der Waals surface area (Å²) in [4.78, 5) is 0. The van der Waals surface area contributed by atoms with Crippen LogP contribution in [-0.4, -0.2) is 51.6 Å². The lowest BCUT2D eigenvalue weighted by atomic mass is 9.74. The van der Waals surface area contributed by atoms with Gasteiger partial charge in [-0.2, -0.15) is 0 Å². The Morgan fingerprint density at radius 1 is 0.800 bits per heavy atom. The van der Waals surface area contributed by atoms with Crippen molar-refractivity contribution in [2.24, 2.45) is 11.8 Å². The maximum Gasteiger partial charge on any atom is 0.125 e. The third-order valence-electron chi connectivity index (χ3n) is 6.02. The SMILES string of the molecule is CCCCCOCCOCC[N+](C)(C)C(CC(C)C)(CC(C)C)c1ccccc1.[Cl-]. The van der Waals surface area contributed by atoms with Crippen LogP contribution in [0.15, 0.2) is 30.3 Å². The minimum Gasteiger partial charge on any atom is -1.00 e. The lowest BCUT2D eigenvalue weighted by molar-refractivity contribution is -0.952. The average Bonchev–Trinajstić information content (AvgIpc) is 2.66. The van der Waals surface area contributed by atoms with Gasteiger partial charge in [0.2, 0.25) is 0 Å². The van der Waals surface area contributed by atoms with Gasteiger partial charge in [-0.25, -0.2) is 0 Å². The van der Waals surface area contributed by atoms with E-state index in [0.717, 1.165) is 30.7 Å². The Balaban J connectivity index is 0.00000841. The molecule has 0 fully saturated rings. The van der Waals surface area contributed by atoms with Crippen molar-refractivity contribution < 1.29 is 26.4 Å². The number of hydrogen-bond donors (Lipinski definition) is 0. The maximum absolute atomic E-state index is 5.98. The summed E-state index contributed by atoms with van der Waals surface area (Å²) in [6, 6.07) is 11.2. The Hall–Kier alpha value is -0.610. The number of unbranched alkanes of at least 4 members (excludes halogenated alkanes) is 2. The van der Waals surface area contributed by atoms with Crippen LogP contribution >= 0.6 is 0 Å². The number of nitrogens with zero attached hydrogens (tertiary/aromatic N) is 1. The lowest BCUT2D eigenvalue weighted by Gasteiger charge is -2.51. The summed E-state index contributed by atoms with van der Waals surface area (Å²) in [7, 11) is 4.78. The van der Waals surface area contributed by atoms with Crippen LogP contribution in [0, 0.1) is 11.8 Å². The summed E-state index contributed by atoms with van der Waals surface area (Å²) in [6.45, 7) is 15.7. The zero-order valence-electron chi connectivity index (χ0n) is 20.8. The summed E-state index contributed by atoms with van der Waals surface area (Å²) in [6.07, 6.45) is 6.01. The Morgan fingerprint density at radius 3 is 1.83 bits per heavy atom. The highest BCUT2D eigenvalue weighted by atomic mass is 35.5. The molecule has 0 radical (unpaired) electrons. The first-order chi connectivity index (χ1) is 13.7. The van der Waals surface area contributed by atoms with Gasteiger partial charge in [-0.1, -0.05) is 77.8 Å². The molecule has 0 atom stereocenters. The van der Waals surface area contributed by atoms with E-state index in [9.17, 15) is 0 Å². The highest BCUT2D eigenvalue weighted by Gasteiger charge is 2.47. The zero-order chi connectivity index (χ0) is 21.8. The van der Waals surface area contributed by atoms with Crippen LogP contribution in [0.2, 0.25) is 0 Å². The Labute approximate surface area is 193 Å². The van der Waals surface area contributed by atoms with Crippen molar-refractivity contribution in [3.63, 3.8) is 0 Å². The van der Waals surface area contributed by atoms with Crippen molar-refractivity contribution >= 4 is 0 Å². The van der Waals surface area contributed by atoms with E-state index in [1.54, 1.807) is 0 Å². The molecule has 0 saturated carbocycles. The molecule has 0 amide bonds. The molecule has 0 unspecified atom stereocenters. The number of rotatable bonds is 16. The fourth-order valence-electron chi connectivity index (χ4n) is 4.54. The summed E-state index contributed by atoms with van der Waals surface area (Å²) >= 11 is 0. The van der Waals surface area contributed by atoms with E-state index in [-0.39, 0.29) is 17.9 Å². The fraction of sp³-hybridized carbons (Fsp3) is 0.769. The molecule has 0 heterocycles. The average molecular weight is 442 g/mol. The molecule has 3 nitrogen and oxygen atoms in total. The van der Waals surface area contributed by atoms with Gasteiger partial charge in [-0.15, -0.1) is 0 Å². The van der Waals surface area contributed by atoms with Gasteiger partial charge < -0.3 is 26.4 Å². The smallest absolute Gasteiger partial charge is 0.125 e. The Kier molecular flexibility index (Phi) is 14.9. The summed E-state index contributed by atoms with van der Waals surface area (Å²) in [5.41, 5.74) is 1.57. The van der Waals surface area contributed by atoms with Crippen molar-refractivity contribution in [3.05, 3.63) is 35.9 Å². The van der Waals surface area contributed by atoms with Crippen molar-refractivity contribution in [2.45, 2.75) is 72.3 Å². The molecule has 0 spiro atoms. The highest BCUT2D eigenvalue weighted by Crippen LogP contribution is 2.43. The van der Waals surface area contributed by atoms with Gasteiger partial charge >= 0.3 is 0 Å². The molecule has 0 saturated heterocycles. The molecule has 4 heteroatoms. The predicted molar refractivity (Wildman–Crippen MR) is 125 cm³/mol. The molecule has 0 aromatic heterocycles. The number of ether oxygens (including phenoxy) is 2. The second-order valence-corrected chi connectivity index (χ2v) is 9.93. The molecule has 0 aliphatic heterocycles. The van der Waals surface area contributed by atoms with E-state index in [1.807, 2.05) is 0 Å². The molecular formula is C26H48ClNO2. The van der Waals surface area contributed by atoms with Crippen LogP contribution < -0.4 is 12.4 Å². The monoisotopic (exact) mass is 441 g/mol. The first kappa shape index (κ1) is 29.4. The first-order valence-electron chi connectivity index (χ1n) is 11.8. The van der Waals surface area contributed by atoms with Gasteiger partial charge in [0.05, 0.1) is 33.9 Å². The molecule has 30 heavy (non-hydrogen) atoms. The summed E-state index contributed by atoms with van der Waals surface area (Å²) in [5.74, 6) is 1.28. The standard InChI is InChI=1S/C26H48NO2.ClH/c1-8-9-13-17-28-19-20-29-18-16-27(6,7)26(21-23(2)3,22-24(4)5)25-14-11-10-12-15-25;/h10-12,14-15,23-24H,8-9,13,16-22H2,1-7H3;1H/q+1;/p-1. The summed E-state index contributed by atoms with van der Waals surface area (Å²) < 4.78 is 12.6. The summed E-state index contributed by atoms with van der Waals surface area (Å²) in [5, 5.41) is 0. The van der Waals surface area contributed by atoms with Crippen LogP contribution in [0.3, 0.4) is 0 Å². The molecule has 1 rings (SSSR count). The Morgan fingerprint density at radius 2 is 1.33 bits per heavy atom.